The van der Waals surface area contributed by atoms with Gasteiger partial charge in [0.1, 0.15) is 42.7 Å². The molecule has 2 unspecified atom stereocenters. The summed E-state index contributed by atoms with van der Waals surface area (Å²) in [6.07, 6.45) is 3.39. The Morgan fingerprint density at radius 1 is 0.568 bits per heavy atom. The molecule has 2 saturated heterocycles. The van der Waals surface area contributed by atoms with Crippen LogP contribution < -0.4 is 14.2 Å². The normalized spacial score (nSPS) is 18.5. The van der Waals surface area contributed by atoms with Crippen molar-refractivity contribution >= 4 is 0 Å². The fraction of sp³-hybridized carbons (Fsp3) is 0.438. The molecule has 37 heavy (non-hydrogen) atoms. The highest BCUT2D eigenvalue weighted by Gasteiger charge is 2.23. The third-order valence-corrected chi connectivity index (χ3v) is 5.09. The highest BCUT2D eigenvalue weighted by Crippen LogP contribution is 2.29. The highest BCUT2D eigenvalue weighted by molar-refractivity contribution is 5.22. The number of rotatable bonds is 9. The molecule has 3 aromatic carbocycles. The lowest BCUT2D eigenvalue weighted by Gasteiger charge is -2.02. The van der Waals surface area contributed by atoms with Crippen LogP contribution in [0.4, 0.5) is 0 Å². The number of ether oxygens (including phenoxy) is 5. The number of epoxide rings is 2. The lowest BCUT2D eigenvalue weighted by molar-refractivity contribution is 0.263. The zero-order valence-corrected chi connectivity index (χ0v) is 22.5. The van der Waals surface area contributed by atoms with Crippen molar-refractivity contribution in [2.24, 2.45) is 11.8 Å². The van der Waals surface area contributed by atoms with E-state index in [9.17, 15) is 0 Å². The van der Waals surface area contributed by atoms with E-state index in [0.717, 1.165) is 48.9 Å². The van der Waals surface area contributed by atoms with Crippen molar-refractivity contribution in [3.8, 4) is 17.2 Å². The summed E-state index contributed by atoms with van der Waals surface area (Å²) in [6, 6.07) is 29.6. The monoisotopic (exact) mass is 506 g/mol. The SMILES string of the molecule is CC(C)C.c1ccc(OCC2CC2)cc1.c1ccc(OCC2CO2)cc1.c1ccc(OCC2CO2)cc1. The van der Waals surface area contributed by atoms with E-state index in [2.05, 4.69) is 20.8 Å². The van der Waals surface area contributed by atoms with E-state index in [4.69, 9.17) is 23.7 Å². The van der Waals surface area contributed by atoms with Gasteiger partial charge < -0.3 is 23.7 Å². The average molecular weight is 507 g/mol. The van der Waals surface area contributed by atoms with Gasteiger partial charge in [0.05, 0.1) is 19.8 Å². The first-order chi connectivity index (χ1) is 18.1. The van der Waals surface area contributed by atoms with Gasteiger partial charge in [0.25, 0.3) is 0 Å². The van der Waals surface area contributed by atoms with Crippen LogP contribution in [0.25, 0.3) is 0 Å². The average Bonchev–Trinajstić information content (AvgIpc) is 3.78. The summed E-state index contributed by atoms with van der Waals surface area (Å²) < 4.78 is 26.4. The topological polar surface area (TPSA) is 52.8 Å². The van der Waals surface area contributed by atoms with Gasteiger partial charge in [-0.3, -0.25) is 0 Å². The van der Waals surface area contributed by atoms with Crippen molar-refractivity contribution in [2.75, 3.05) is 33.0 Å². The van der Waals surface area contributed by atoms with Crippen molar-refractivity contribution < 1.29 is 23.7 Å². The van der Waals surface area contributed by atoms with Crippen LogP contribution in [0.2, 0.25) is 0 Å². The first kappa shape index (κ1) is 28.5. The predicted molar refractivity (Wildman–Crippen MR) is 149 cm³/mol. The molecule has 0 aromatic heterocycles. The molecule has 2 atom stereocenters. The molecule has 5 heteroatoms. The van der Waals surface area contributed by atoms with E-state index in [1.54, 1.807) is 0 Å². The standard InChI is InChI=1S/C10H12O.2C9H10O2.C4H10/c1-2-4-10(5-3-1)11-8-9-6-7-9;2*1-2-4-8(5-3-1)10-6-9-7-11-9;1-4(2)3/h1-5,9H,6-8H2;2*1-5,9H,6-7H2;4H,1-3H3. The molecule has 3 aromatic rings. The second kappa shape index (κ2) is 16.7. The van der Waals surface area contributed by atoms with E-state index in [0.29, 0.717) is 25.4 Å². The third-order valence-electron chi connectivity index (χ3n) is 5.09. The molecule has 3 fully saturated rings. The van der Waals surface area contributed by atoms with E-state index in [1.165, 1.54) is 12.8 Å². The van der Waals surface area contributed by atoms with Gasteiger partial charge in [-0.05, 0) is 61.1 Å². The zero-order chi connectivity index (χ0) is 26.1. The Bertz CT molecular complexity index is 811. The Labute approximate surface area is 222 Å². The van der Waals surface area contributed by atoms with Gasteiger partial charge in [-0.15, -0.1) is 0 Å². The first-order valence-electron chi connectivity index (χ1n) is 13.3. The minimum atomic E-state index is 0.343. The summed E-state index contributed by atoms with van der Waals surface area (Å²) in [5, 5.41) is 0. The maximum atomic E-state index is 5.53. The van der Waals surface area contributed by atoms with Gasteiger partial charge in [-0.2, -0.15) is 0 Å². The Hall–Kier alpha value is -3.02. The van der Waals surface area contributed by atoms with Gasteiger partial charge >= 0.3 is 0 Å². The number of hydrogen-bond acceptors (Lipinski definition) is 5. The Balaban J connectivity index is 0.000000144. The molecule has 1 aliphatic carbocycles. The molecule has 0 spiro atoms. The molecule has 2 heterocycles. The molecule has 0 bridgehead atoms. The van der Waals surface area contributed by atoms with Crippen LogP contribution in [0.3, 0.4) is 0 Å². The summed E-state index contributed by atoms with van der Waals surface area (Å²) in [4.78, 5) is 0. The van der Waals surface area contributed by atoms with E-state index >= 15 is 0 Å². The molecule has 5 nitrogen and oxygen atoms in total. The largest absolute Gasteiger partial charge is 0.493 e. The molecule has 1 saturated carbocycles. The third kappa shape index (κ3) is 15.6. The van der Waals surface area contributed by atoms with Crippen LogP contribution in [-0.4, -0.2) is 45.2 Å². The van der Waals surface area contributed by atoms with Crippen LogP contribution in [0.5, 0.6) is 17.2 Å². The summed E-state index contributed by atoms with van der Waals surface area (Å²) in [5.74, 6) is 4.51. The van der Waals surface area contributed by atoms with Crippen LogP contribution >= 0.6 is 0 Å². The van der Waals surface area contributed by atoms with E-state index in [1.807, 2.05) is 91.0 Å². The van der Waals surface area contributed by atoms with Gasteiger partial charge in [-0.25, -0.2) is 0 Å². The second-order valence-corrected chi connectivity index (χ2v) is 9.96. The van der Waals surface area contributed by atoms with Crippen LogP contribution in [0.15, 0.2) is 91.0 Å². The first-order valence-corrected chi connectivity index (χ1v) is 13.3. The summed E-state index contributed by atoms with van der Waals surface area (Å²) in [6.45, 7) is 10.5. The fourth-order valence-corrected chi connectivity index (χ4v) is 2.76. The number of benzene rings is 3. The predicted octanol–water partition coefficient (Wildman–Crippen LogP) is 7.07. The summed E-state index contributed by atoms with van der Waals surface area (Å²) >= 11 is 0. The van der Waals surface area contributed by atoms with Crippen molar-refractivity contribution in [2.45, 2.75) is 45.8 Å². The quantitative estimate of drug-likeness (QED) is 0.291. The molecule has 0 radical (unpaired) electrons. The summed E-state index contributed by atoms with van der Waals surface area (Å²) in [5.41, 5.74) is 0. The zero-order valence-electron chi connectivity index (χ0n) is 22.5. The lowest BCUT2D eigenvalue weighted by atomic mass is 10.3. The van der Waals surface area contributed by atoms with Gasteiger partial charge in [-0.1, -0.05) is 75.4 Å². The van der Waals surface area contributed by atoms with Crippen LogP contribution in [0, 0.1) is 11.8 Å². The maximum Gasteiger partial charge on any atom is 0.119 e. The molecule has 0 amide bonds. The van der Waals surface area contributed by atoms with Crippen molar-refractivity contribution in [1.29, 1.82) is 0 Å². The van der Waals surface area contributed by atoms with Crippen molar-refractivity contribution in [1.82, 2.24) is 0 Å². The smallest absolute Gasteiger partial charge is 0.119 e. The molecular weight excluding hydrogens is 464 g/mol. The van der Waals surface area contributed by atoms with E-state index < -0.39 is 0 Å². The summed E-state index contributed by atoms with van der Waals surface area (Å²) in [7, 11) is 0. The van der Waals surface area contributed by atoms with Crippen LogP contribution in [0.1, 0.15) is 33.6 Å². The Morgan fingerprint density at radius 2 is 0.865 bits per heavy atom. The van der Waals surface area contributed by atoms with Gasteiger partial charge in [0.15, 0.2) is 0 Å². The number of hydrogen-bond donors (Lipinski definition) is 0. The Morgan fingerprint density at radius 3 is 1.14 bits per heavy atom. The van der Waals surface area contributed by atoms with Crippen molar-refractivity contribution in [3.05, 3.63) is 91.0 Å². The maximum absolute atomic E-state index is 5.53. The van der Waals surface area contributed by atoms with Crippen molar-refractivity contribution in [3.63, 3.8) is 0 Å². The molecule has 2 aliphatic heterocycles. The minimum Gasteiger partial charge on any atom is -0.493 e. The second-order valence-electron chi connectivity index (χ2n) is 9.96. The molecule has 200 valence electrons. The fourth-order valence-electron chi connectivity index (χ4n) is 2.76. The molecule has 6 rings (SSSR count). The molecular formula is C32H42O5. The Kier molecular flexibility index (Phi) is 12.9. The van der Waals surface area contributed by atoms with Gasteiger partial charge in [0, 0.05) is 0 Å². The molecule has 0 N–H and O–H groups in total. The highest BCUT2D eigenvalue weighted by atomic mass is 16.6. The van der Waals surface area contributed by atoms with Crippen LogP contribution in [-0.2, 0) is 9.47 Å². The van der Waals surface area contributed by atoms with E-state index in [-0.39, 0.29) is 0 Å². The van der Waals surface area contributed by atoms with Gasteiger partial charge in [0.2, 0.25) is 0 Å². The number of para-hydroxylation sites is 3. The molecule has 3 aliphatic rings. The minimum absolute atomic E-state index is 0.343. The lowest BCUT2D eigenvalue weighted by Crippen LogP contribution is -2.03.